The molecule has 1 fully saturated rings. The first-order chi connectivity index (χ1) is 13.0. The van der Waals surface area contributed by atoms with Gasteiger partial charge >= 0.3 is 0 Å². The molecular formula is C19H32N4O3S. The van der Waals surface area contributed by atoms with E-state index in [-0.39, 0.29) is 11.0 Å². The van der Waals surface area contributed by atoms with Gasteiger partial charge in [-0.2, -0.15) is 0 Å². The Hall–Kier alpha value is -1.64. The topological polar surface area (TPSA) is 91.8 Å². The monoisotopic (exact) mass is 396 g/mol. The van der Waals surface area contributed by atoms with Crippen LogP contribution in [0.5, 0.6) is 0 Å². The number of sulfonamides is 1. The fraction of sp³-hybridized carbons (Fsp3) is 0.632. The minimum atomic E-state index is -3.51. The first-order valence-corrected chi connectivity index (χ1v) is 11.3. The maximum absolute atomic E-state index is 12.4. The number of rotatable bonds is 10. The van der Waals surface area contributed by atoms with Crippen LogP contribution < -0.4 is 15.4 Å². The lowest BCUT2D eigenvalue weighted by atomic mass is 10.2. The lowest BCUT2D eigenvalue weighted by molar-refractivity contribution is 0.114. The third-order valence-electron chi connectivity index (χ3n) is 4.35. The van der Waals surface area contributed by atoms with Crippen LogP contribution in [-0.4, -0.2) is 46.7 Å². The molecule has 1 aromatic carbocycles. The number of ether oxygens (including phenoxy) is 1. The molecule has 0 spiro atoms. The fourth-order valence-electron chi connectivity index (χ4n) is 2.76. The zero-order valence-corrected chi connectivity index (χ0v) is 17.1. The zero-order valence-electron chi connectivity index (χ0n) is 16.3. The average molecular weight is 397 g/mol. The van der Waals surface area contributed by atoms with E-state index in [1.165, 1.54) is 0 Å². The van der Waals surface area contributed by atoms with Crippen molar-refractivity contribution in [2.45, 2.75) is 57.1 Å². The Morgan fingerprint density at radius 3 is 2.63 bits per heavy atom. The van der Waals surface area contributed by atoms with Crippen LogP contribution in [0.1, 0.15) is 45.1 Å². The number of nitrogens with zero attached hydrogens (tertiary/aromatic N) is 1. The molecule has 1 unspecified atom stereocenters. The highest BCUT2D eigenvalue weighted by Gasteiger charge is 2.20. The number of hydrogen-bond donors (Lipinski definition) is 3. The molecular weight excluding hydrogens is 364 g/mol. The van der Waals surface area contributed by atoms with Crippen molar-refractivity contribution < 1.29 is 13.2 Å². The Bertz CT molecular complexity index is 683. The molecule has 1 atom stereocenters. The predicted molar refractivity (Wildman–Crippen MR) is 108 cm³/mol. The lowest BCUT2D eigenvalue weighted by Gasteiger charge is -2.12. The van der Waals surface area contributed by atoms with Gasteiger partial charge in [-0.15, -0.1) is 0 Å². The van der Waals surface area contributed by atoms with Crippen molar-refractivity contribution in [1.82, 2.24) is 15.4 Å². The summed E-state index contributed by atoms with van der Waals surface area (Å²) in [5, 5.41) is 6.50. The van der Waals surface area contributed by atoms with Gasteiger partial charge < -0.3 is 15.4 Å². The highest BCUT2D eigenvalue weighted by molar-refractivity contribution is 7.89. The summed E-state index contributed by atoms with van der Waals surface area (Å²) in [5.74, 6) is 0.779. The van der Waals surface area contributed by atoms with E-state index in [1.54, 1.807) is 24.3 Å². The maximum atomic E-state index is 12.4. The molecule has 3 N–H and O–H groups in total. The number of aliphatic imine (C=N–C) groups is 1. The molecule has 0 bridgehead atoms. The summed E-state index contributed by atoms with van der Waals surface area (Å²) in [6, 6.07) is 6.86. The van der Waals surface area contributed by atoms with E-state index in [0.717, 1.165) is 50.3 Å². The minimum Gasteiger partial charge on any atom is -0.377 e. The van der Waals surface area contributed by atoms with Gasteiger partial charge in [0.2, 0.25) is 10.0 Å². The van der Waals surface area contributed by atoms with E-state index in [4.69, 9.17) is 4.74 Å². The van der Waals surface area contributed by atoms with E-state index in [9.17, 15) is 8.42 Å². The number of guanidine groups is 1. The van der Waals surface area contributed by atoms with Crippen molar-refractivity contribution in [2.24, 2.45) is 4.99 Å². The van der Waals surface area contributed by atoms with Crippen LogP contribution in [0, 0.1) is 0 Å². The second kappa shape index (κ2) is 11.3. The van der Waals surface area contributed by atoms with E-state index in [2.05, 4.69) is 27.3 Å². The highest BCUT2D eigenvalue weighted by Crippen LogP contribution is 2.14. The average Bonchev–Trinajstić information content (AvgIpc) is 3.19. The van der Waals surface area contributed by atoms with Crippen molar-refractivity contribution >= 4 is 16.0 Å². The van der Waals surface area contributed by atoms with Crippen LogP contribution in [0.25, 0.3) is 0 Å². The second-order valence-electron chi connectivity index (χ2n) is 6.61. The Morgan fingerprint density at radius 2 is 2.00 bits per heavy atom. The largest absolute Gasteiger partial charge is 0.377 e. The molecule has 1 aromatic rings. The molecule has 1 heterocycles. The number of unbranched alkanes of at least 4 members (excludes halogenated alkanes) is 1. The van der Waals surface area contributed by atoms with Crippen LogP contribution in [0.15, 0.2) is 34.2 Å². The summed E-state index contributed by atoms with van der Waals surface area (Å²) >= 11 is 0. The summed E-state index contributed by atoms with van der Waals surface area (Å²) in [5.41, 5.74) is 0.959. The first kappa shape index (κ1) is 21.7. The number of nitrogens with one attached hydrogen (secondary N) is 3. The standard InChI is InChI=1S/C19H32N4O3S/c1-3-5-12-21-19(20-4-2)22-14-16-8-10-18(11-9-16)27(24,25)23-15-17-7-6-13-26-17/h8-11,17,23H,3-7,12-15H2,1-2H3,(H2,20,21,22). The summed E-state index contributed by atoms with van der Waals surface area (Å²) in [6.07, 6.45) is 4.10. The first-order valence-electron chi connectivity index (χ1n) is 9.77. The molecule has 152 valence electrons. The summed E-state index contributed by atoms with van der Waals surface area (Å²) in [6.45, 7) is 7.39. The SMILES string of the molecule is CCCCNC(=NCc1ccc(S(=O)(=O)NCC2CCCO2)cc1)NCC. The number of benzene rings is 1. The zero-order chi connectivity index (χ0) is 19.5. The van der Waals surface area contributed by atoms with E-state index < -0.39 is 10.0 Å². The van der Waals surface area contributed by atoms with E-state index in [1.807, 2.05) is 6.92 Å². The molecule has 27 heavy (non-hydrogen) atoms. The quantitative estimate of drug-likeness (QED) is 0.320. The summed E-state index contributed by atoms with van der Waals surface area (Å²) < 4.78 is 32.9. The van der Waals surface area contributed by atoms with Gasteiger partial charge in [0.1, 0.15) is 0 Å². The Labute approximate surface area is 163 Å². The molecule has 1 saturated heterocycles. The molecule has 0 radical (unpaired) electrons. The van der Waals surface area contributed by atoms with Crippen LogP contribution in [-0.2, 0) is 21.3 Å². The third-order valence-corrected chi connectivity index (χ3v) is 5.78. The lowest BCUT2D eigenvalue weighted by Crippen LogP contribution is -2.37. The summed E-state index contributed by atoms with van der Waals surface area (Å²) in [4.78, 5) is 4.81. The smallest absolute Gasteiger partial charge is 0.240 e. The van der Waals surface area contributed by atoms with Crippen LogP contribution in [0.2, 0.25) is 0 Å². The molecule has 0 saturated carbocycles. The number of hydrogen-bond acceptors (Lipinski definition) is 4. The van der Waals surface area contributed by atoms with Crippen molar-refractivity contribution in [3.8, 4) is 0 Å². The second-order valence-corrected chi connectivity index (χ2v) is 8.37. The van der Waals surface area contributed by atoms with Gasteiger partial charge in [0, 0.05) is 26.2 Å². The minimum absolute atomic E-state index is 0.0157. The van der Waals surface area contributed by atoms with E-state index in [0.29, 0.717) is 19.7 Å². The van der Waals surface area contributed by atoms with Gasteiger partial charge in [0.05, 0.1) is 17.5 Å². The molecule has 1 aliphatic heterocycles. The van der Waals surface area contributed by atoms with Crippen molar-refractivity contribution in [3.63, 3.8) is 0 Å². The normalized spacial score (nSPS) is 17.9. The Kier molecular flexibility index (Phi) is 9.03. The molecule has 2 rings (SSSR count). The van der Waals surface area contributed by atoms with Gasteiger partial charge in [-0.05, 0) is 43.9 Å². The van der Waals surface area contributed by atoms with Crippen molar-refractivity contribution in [2.75, 3.05) is 26.2 Å². The van der Waals surface area contributed by atoms with Gasteiger partial charge in [-0.25, -0.2) is 18.1 Å². The van der Waals surface area contributed by atoms with Crippen molar-refractivity contribution in [1.29, 1.82) is 0 Å². The van der Waals surface area contributed by atoms with Crippen molar-refractivity contribution in [3.05, 3.63) is 29.8 Å². The molecule has 0 amide bonds. The molecule has 1 aliphatic rings. The Morgan fingerprint density at radius 1 is 1.22 bits per heavy atom. The molecule has 7 nitrogen and oxygen atoms in total. The molecule has 0 aliphatic carbocycles. The van der Waals surface area contributed by atoms with E-state index >= 15 is 0 Å². The van der Waals surface area contributed by atoms with Gasteiger partial charge in [0.15, 0.2) is 5.96 Å². The predicted octanol–water partition coefficient (Wildman–Crippen LogP) is 2.00. The third kappa shape index (κ3) is 7.48. The summed E-state index contributed by atoms with van der Waals surface area (Å²) in [7, 11) is -3.51. The van der Waals surface area contributed by atoms with Crippen LogP contribution in [0.3, 0.4) is 0 Å². The van der Waals surface area contributed by atoms with Gasteiger partial charge in [-0.1, -0.05) is 25.5 Å². The maximum Gasteiger partial charge on any atom is 0.240 e. The Balaban J connectivity index is 1.91. The fourth-order valence-corrected chi connectivity index (χ4v) is 3.83. The van der Waals surface area contributed by atoms with Crippen LogP contribution in [0.4, 0.5) is 0 Å². The highest BCUT2D eigenvalue weighted by atomic mass is 32.2. The molecule has 8 heteroatoms. The molecule has 0 aromatic heterocycles. The van der Waals surface area contributed by atoms with Gasteiger partial charge in [-0.3, -0.25) is 0 Å². The van der Waals surface area contributed by atoms with Crippen LogP contribution >= 0.6 is 0 Å². The van der Waals surface area contributed by atoms with Gasteiger partial charge in [0.25, 0.3) is 0 Å².